The van der Waals surface area contributed by atoms with Gasteiger partial charge >= 0.3 is 6.03 Å². The van der Waals surface area contributed by atoms with E-state index in [4.69, 9.17) is 15.2 Å². The number of rotatable bonds is 3. The lowest BCUT2D eigenvalue weighted by molar-refractivity contribution is 0.206. The molecule has 3 aromatic rings. The molecule has 1 saturated heterocycles. The van der Waals surface area contributed by atoms with E-state index in [0.717, 1.165) is 48.7 Å². The second kappa shape index (κ2) is 9.25. The Kier molecular flexibility index (Phi) is 5.85. The van der Waals surface area contributed by atoms with Gasteiger partial charge in [0.1, 0.15) is 11.5 Å². The Hall–Kier alpha value is -3.99. The molecule has 4 heterocycles. The molecule has 1 aromatic carbocycles. The van der Waals surface area contributed by atoms with Crippen LogP contribution in [-0.4, -0.2) is 45.5 Å². The fourth-order valence-electron chi connectivity index (χ4n) is 4.42. The van der Waals surface area contributed by atoms with Gasteiger partial charge in [0.05, 0.1) is 23.9 Å². The predicted octanol–water partition coefficient (Wildman–Crippen LogP) is 3.99. The van der Waals surface area contributed by atoms with Crippen molar-refractivity contribution in [1.82, 2.24) is 19.9 Å². The Balaban J connectivity index is 1.44. The first-order valence-electron chi connectivity index (χ1n) is 11.3. The van der Waals surface area contributed by atoms with E-state index in [1.54, 1.807) is 35.4 Å². The highest BCUT2D eigenvalue weighted by Crippen LogP contribution is 2.31. The number of pyridine rings is 1. The molecule has 2 aliphatic heterocycles. The van der Waals surface area contributed by atoms with Gasteiger partial charge in [-0.15, -0.1) is 0 Å². The number of nitrogens with one attached hydrogen (secondary N) is 1. The van der Waals surface area contributed by atoms with Crippen molar-refractivity contribution in [3.05, 3.63) is 65.5 Å². The number of amides is 2. The molecule has 33 heavy (non-hydrogen) atoms. The van der Waals surface area contributed by atoms with E-state index in [1.807, 2.05) is 18.2 Å². The van der Waals surface area contributed by atoms with Crippen molar-refractivity contribution in [2.24, 2.45) is 0 Å². The Labute approximate surface area is 192 Å². The lowest BCUT2D eigenvalue weighted by atomic mass is 10.0. The summed E-state index contributed by atoms with van der Waals surface area (Å²) in [4.78, 5) is 31.4. The van der Waals surface area contributed by atoms with E-state index >= 15 is 0 Å². The minimum absolute atomic E-state index is 0.186. The van der Waals surface area contributed by atoms with Gasteiger partial charge in [0.15, 0.2) is 5.82 Å². The zero-order valence-corrected chi connectivity index (χ0v) is 18.4. The molecule has 166 valence electrons. The van der Waals surface area contributed by atoms with Crippen molar-refractivity contribution in [3.63, 3.8) is 0 Å². The second-order valence-corrected chi connectivity index (χ2v) is 8.35. The summed E-state index contributed by atoms with van der Waals surface area (Å²) in [6, 6.07) is 14.6. The average Bonchev–Trinajstić information content (AvgIpc) is 2.89. The molecule has 0 spiro atoms. The van der Waals surface area contributed by atoms with Crippen molar-refractivity contribution in [1.29, 1.82) is 5.26 Å². The van der Waals surface area contributed by atoms with Gasteiger partial charge in [0.2, 0.25) is 0 Å². The van der Waals surface area contributed by atoms with Gasteiger partial charge in [0.25, 0.3) is 0 Å². The molecule has 1 fully saturated rings. The average molecular weight is 440 g/mol. The largest absolute Gasteiger partial charge is 0.356 e. The Morgan fingerprint density at radius 1 is 1.03 bits per heavy atom. The highest BCUT2D eigenvalue weighted by Gasteiger charge is 2.28. The quantitative estimate of drug-likeness (QED) is 0.663. The first kappa shape index (κ1) is 20.9. The number of hydrogen-bond donors (Lipinski definition) is 1. The number of carbonyl (C=O) groups excluding carboxylic acids is 1. The summed E-state index contributed by atoms with van der Waals surface area (Å²) in [6.45, 7) is 2.93. The van der Waals surface area contributed by atoms with E-state index in [0.29, 0.717) is 36.6 Å². The number of piperidine rings is 1. The number of hydrogen-bond acceptors (Lipinski definition) is 6. The molecule has 8 heteroatoms. The summed E-state index contributed by atoms with van der Waals surface area (Å²) in [5.41, 5.74) is 3.89. The van der Waals surface area contributed by atoms with Crippen molar-refractivity contribution in [2.45, 2.75) is 32.2 Å². The smallest absolute Gasteiger partial charge is 0.322 e. The maximum Gasteiger partial charge on any atom is 0.322 e. The number of benzene rings is 1. The third-order valence-electron chi connectivity index (χ3n) is 6.12. The summed E-state index contributed by atoms with van der Waals surface area (Å²) in [5, 5.41) is 12.0. The van der Waals surface area contributed by atoms with E-state index in [1.165, 1.54) is 6.42 Å². The lowest BCUT2D eigenvalue weighted by Crippen LogP contribution is -2.41. The predicted molar refractivity (Wildman–Crippen MR) is 126 cm³/mol. The molecule has 0 bridgehead atoms. The first-order chi connectivity index (χ1) is 16.2. The number of urea groups is 1. The van der Waals surface area contributed by atoms with Crippen LogP contribution < -0.4 is 10.2 Å². The summed E-state index contributed by atoms with van der Waals surface area (Å²) < 4.78 is 0. The minimum Gasteiger partial charge on any atom is -0.356 e. The van der Waals surface area contributed by atoms with Crippen LogP contribution in [-0.2, 0) is 13.0 Å². The summed E-state index contributed by atoms with van der Waals surface area (Å²) in [5.74, 6) is 1.56. The maximum absolute atomic E-state index is 13.0. The number of fused-ring (bicyclic) bond motifs is 1. The van der Waals surface area contributed by atoms with E-state index in [9.17, 15) is 4.79 Å². The maximum atomic E-state index is 13.0. The van der Waals surface area contributed by atoms with Gasteiger partial charge < -0.3 is 15.1 Å². The monoisotopic (exact) mass is 439 g/mol. The zero-order valence-electron chi connectivity index (χ0n) is 18.4. The van der Waals surface area contributed by atoms with Crippen LogP contribution in [0.5, 0.6) is 0 Å². The molecule has 2 amide bonds. The number of aromatic nitrogens is 3. The SMILES string of the molecule is N#Cc1cccc(NC(=O)N2CCc3nc(-c4ccccn4)nc(N4CCCCC4)c3C2)c1. The summed E-state index contributed by atoms with van der Waals surface area (Å²) >= 11 is 0. The molecule has 1 N–H and O–H groups in total. The molecule has 0 saturated carbocycles. The van der Waals surface area contributed by atoms with Crippen LogP contribution in [0.2, 0.25) is 0 Å². The second-order valence-electron chi connectivity index (χ2n) is 8.35. The van der Waals surface area contributed by atoms with Crippen LogP contribution in [0.15, 0.2) is 48.7 Å². The van der Waals surface area contributed by atoms with E-state index in [2.05, 4.69) is 21.3 Å². The fourth-order valence-corrected chi connectivity index (χ4v) is 4.42. The fraction of sp³-hybridized carbons (Fsp3) is 0.320. The van der Waals surface area contributed by atoms with Crippen LogP contribution in [0.1, 0.15) is 36.1 Å². The van der Waals surface area contributed by atoms with Crippen LogP contribution in [0.3, 0.4) is 0 Å². The number of carbonyl (C=O) groups is 1. The van der Waals surface area contributed by atoms with Gasteiger partial charge in [-0.25, -0.2) is 14.8 Å². The van der Waals surface area contributed by atoms with Crippen LogP contribution >= 0.6 is 0 Å². The molecule has 0 radical (unpaired) electrons. The first-order valence-corrected chi connectivity index (χ1v) is 11.3. The third-order valence-corrected chi connectivity index (χ3v) is 6.12. The van der Waals surface area contributed by atoms with Gasteiger partial charge in [-0.05, 0) is 49.6 Å². The van der Waals surface area contributed by atoms with E-state index in [-0.39, 0.29) is 6.03 Å². The highest BCUT2D eigenvalue weighted by molar-refractivity contribution is 5.89. The van der Waals surface area contributed by atoms with Gasteiger partial charge in [-0.2, -0.15) is 5.26 Å². The number of nitrogens with zero attached hydrogens (tertiary/aromatic N) is 6. The Bertz CT molecular complexity index is 1200. The zero-order chi connectivity index (χ0) is 22.6. The molecular formula is C25H25N7O. The van der Waals surface area contributed by atoms with Crippen LogP contribution in [0.25, 0.3) is 11.5 Å². The Morgan fingerprint density at radius 2 is 1.91 bits per heavy atom. The Morgan fingerprint density at radius 3 is 2.70 bits per heavy atom. The normalized spacial score (nSPS) is 15.5. The standard InChI is InChI=1S/C25H25N7O/c26-16-18-7-6-8-19(15-18)28-25(33)32-14-10-21-20(17-32)24(31-12-4-1-5-13-31)30-23(29-21)22-9-2-3-11-27-22/h2-3,6-9,11,15H,1,4-5,10,12-14,17H2,(H,28,33). The van der Waals surface area contributed by atoms with E-state index < -0.39 is 0 Å². The lowest BCUT2D eigenvalue weighted by Gasteiger charge is -2.34. The molecule has 0 unspecified atom stereocenters. The van der Waals surface area contributed by atoms with Crippen molar-refractivity contribution in [2.75, 3.05) is 29.9 Å². The number of nitriles is 1. The van der Waals surface area contributed by atoms with Gasteiger partial charge in [-0.3, -0.25) is 4.98 Å². The van der Waals surface area contributed by atoms with Gasteiger partial charge in [0, 0.05) is 43.5 Å². The van der Waals surface area contributed by atoms with Crippen LogP contribution in [0, 0.1) is 11.3 Å². The van der Waals surface area contributed by atoms with Crippen molar-refractivity contribution < 1.29 is 4.79 Å². The topological polar surface area (TPSA) is 98.0 Å². The highest BCUT2D eigenvalue weighted by atomic mass is 16.2. The van der Waals surface area contributed by atoms with Crippen molar-refractivity contribution in [3.8, 4) is 17.6 Å². The molecular weight excluding hydrogens is 414 g/mol. The van der Waals surface area contributed by atoms with Crippen molar-refractivity contribution >= 4 is 17.5 Å². The molecule has 2 aliphatic rings. The molecule has 8 nitrogen and oxygen atoms in total. The third kappa shape index (κ3) is 4.48. The summed E-state index contributed by atoms with van der Waals surface area (Å²) in [6.07, 6.45) is 5.91. The van der Waals surface area contributed by atoms with Gasteiger partial charge in [-0.1, -0.05) is 12.1 Å². The molecule has 5 rings (SSSR count). The molecule has 0 atom stereocenters. The number of anilines is 2. The molecule has 2 aromatic heterocycles. The summed E-state index contributed by atoms with van der Waals surface area (Å²) in [7, 11) is 0. The molecule has 0 aliphatic carbocycles. The van der Waals surface area contributed by atoms with Crippen LogP contribution in [0.4, 0.5) is 16.3 Å². The minimum atomic E-state index is -0.186.